The number of aryl methyl sites for hydroxylation is 2. The van der Waals surface area contributed by atoms with E-state index >= 15 is 0 Å². The number of hydrogen-bond donors (Lipinski definition) is 1. The van der Waals surface area contributed by atoms with Crippen LogP contribution in [0.4, 0.5) is 0 Å². The number of rotatable bonds is 9. The van der Waals surface area contributed by atoms with Gasteiger partial charge in [0.25, 0.3) is 0 Å². The average molecular weight is 306 g/mol. The molecule has 1 unspecified atom stereocenters. The summed E-state index contributed by atoms with van der Waals surface area (Å²) in [5.41, 5.74) is 3.40. The zero-order valence-corrected chi connectivity index (χ0v) is 14.6. The Labute approximate surface area is 135 Å². The Kier molecular flexibility index (Phi) is 8.21. The van der Waals surface area contributed by atoms with Crippen molar-refractivity contribution in [1.29, 1.82) is 0 Å². The summed E-state index contributed by atoms with van der Waals surface area (Å²) in [6.45, 7) is 11.7. The maximum Gasteiger partial charge on any atom is 0.174 e. The van der Waals surface area contributed by atoms with Gasteiger partial charge in [-0.2, -0.15) is 0 Å². The van der Waals surface area contributed by atoms with E-state index in [0.29, 0.717) is 12.5 Å². The summed E-state index contributed by atoms with van der Waals surface area (Å²) in [5, 5.41) is 9.60. The van der Waals surface area contributed by atoms with Crippen LogP contribution in [-0.2, 0) is 11.2 Å². The SMILES string of the molecule is CCOC(O)/C=C/c1cc(C)c(OCCC(C)C)c(CC)c1. The predicted octanol–water partition coefficient (Wildman–Crippen LogP) is 4.35. The van der Waals surface area contributed by atoms with Crippen LogP contribution in [0.15, 0.2) is 18.2 Å². The van der Waals surface area contributed by atoms with Gasteiger partial charge in [-0.25, -0.2) is 0 Å². The number of ether oxygens (including phenoxy) is 2. The molecule has 3 nitrogen and oxygen atoms in total. The van der Waals surface area contributed by atoms with Gasteiger partial charge in [0.2, 0.25) is 0 Å². The third-order valence-corrected chi connectivity index (χ3v) is 3.49. The van der Waals surface area contributed by atoms with E-state index in [1.807, 2.05) is 13.0 Å². The largest absolute Gasteiger partial charge is 0.493 e. The van der Waals surface area contributed by atoms with Gasteiger partial charge >= 0.3 is 0 Å². The van der Waals surface area contributed by atoms with Crippen molar-refractivity contribution in [3.63, 3.8) is 0 Å². The molecule has 0 fully saturated rings. The van der Waals surface area contributed by atoms with Gasteiger partial charge in [0.15, 0.2) is 6.29 Å². The van der Waals surface area contributed by atoms with E-state index in [1.165, 1.54) is 5.56 Å². The highest BCUT2D eigenvalue weighted by atomic mass is 16.6. The van der Waals surface area contributed by atoms with Gasteiger partial charge in [-0.15, -0.1) is 0 Å². The van der Waals surface area contributed by atoms with Crippen molar-refractivity contribution in [1.82, 2.24) is 0 Å². The van der Waals surface area contributed by atoms with Crippen molar-refractivity contribution in [3.8, 4) is 5.75 Å². The van der Waals surface area contributed by atoms with Gasteiger partial charge in [0.1, 0.15) is 5.75 Å². The molecule has 1 aromatic rings. The third-order valence-electron chi connectivity index (χ3n) is 3.49. The summed E-state index contributed by atoms with van der Waals surface area (Å²) in [5.74, 6) is 1.65. The molecule has 1 aromatic carbocycles. The molecule has 0 amide bonds. The summed E-state index contributed by atoms with van der Waals surface area (Å²) in [6, 6.07) is 4.20. The van der Waals surface area contributed by atoms with Crippen molar-refractivity contribution in [2.24, 2.45) is 5.92 Å². The highest BCUT2D eigenvalue weighted by Gasteiger charge is 2.08. The van der Waals surface area contributed by atoms with Crippen molar-refractivity contribution in [3.05, 3.63) is 34.9 Å². The molecule has 124 valence electrons. The highest BCUT2D eigenvalue weighted by molar-refractivity contribution is 5.56. The van der Waals surface area contributed by atoms with Crippen LogP contribution in [-0.4, -0.2) is 24.6 Å². The topological polar surface area (TPSA) is 38.7 Å². The Morgan fingerprint density at radius 1 is 1.23 bits per heavy atom. The third kappa shape index (κ3) is 6.20. The summed E-state index contributed by atoms with van der Waals surface area (Å²) >= 11 is 0. The van der Waals surface area contributed by atoms with Crippen LogP contribution in [0.3, 0.4) is 0 Å². The van der Waals surface area contributed by atoms with Gasteiger partial charge < -0.3 is 14.6 Å². The zero-order valence-electron chi connectivity index (χ0n) is 14.6. The van der Waals surface area contributed by atoms with E-state index in [9.17, 15) is 5.11 Å². The summed E-state index contributed by atoms with van der Waals surface area (Å²) in [7, 11) is 0. The Bertz CT molecular complexity index is 478. The maximum atomic E-state index is 9.60. The lowest BCUT2D eigenvalue weighted by molar-refractivity contribution is -0.0581. The van der Waals surface area contributed by atoms with E-state index in [2.05, 4.69) is 39.8 Å². The second kappa shape index (κ2) is 9.65. The molecule has 1 rings (SSSR count). The number of aliphatic hydroxyl groups is 1. The summed E-state index contributed by atoms with van der Waals surface area (Å²) in [4.78, 5) is 0. The molecular weight excluding hydrogens is 276 g/mol. The van der Waals surface area contributed by atoms with Crippen LogP contribution in [0.2, 0.25) is 0 Å². The van der Waals surface area contributed by atoms with Crippen LogP contribution in [0.1, 0.15) is 50.8 Å². The second-order valence-electron chi connectivity index (χ2n) is 5.92. The first-order chi connectivity index (χ1) is 10.5. The summed E-state index contributed by atoms with van der Waals surface area (Å²) < 4.78 is 11.1. The number of benzene rings is 1. The standard InChI is InChI=1S/C19H30O3/c1-6-17-13-16(8-9-18(20)21-7-2)12-15(5)19(17)22-11-10-14(3)4/h8-9,12-14,18,20H,6-7,10-11H2,1-5H3/b9-8+. The molecule has 0 heterocycles. The van der Waals surface area contributed by atoms with Crippen LogP contribution >= 0.6 is 0 Å². The van der Waals surface area contributed by atoms with Gasteiger partial charge in [0.05, 0.1) is 6.61 Å². The molecule has 3 heteroatoms. The van der Waals surface area contributed by atoms with Gasteiger partial charge in [-0.3, -0.25) is 0 Å². The molecular formula is C19H30O3. The molecule has 0 aromatic heterocycles. The first-order valence-electron chi connectivity index (χ1n) is 8.22. The second-order valence-corrected chi connectivity index (χ2v) is 5.92. The predicted molar refractivity (Wildman–Crippen MR) is 92.2 cm³/mol. The van der Waals surface area contributed by atoms with Gasteiger partial charge in [-0.05, 0) is 67.5 Å². The van der Waals surface area contributed by atoms with Crippen LogP contribution in [0.5, 0.6) is 5.75 Å². The number of hydrogen-bond acceptors (Lipinski definition) is 3. The Morgan fingerprint density at radius 2 is 1.95 bits per heavy atom. The lowest BCUT2D eigenvalue weighted by atomic mass is 10.0. The van der Waals surface area contributed by atoms with Crippen LogP contribution in [0, 0.1) is 12.8 Å². The van der Waals surface area contributed by atoms with Crippen LogP contribution in [0.25, 0.3) is 6.08 Å². The van der Waals surface area contributed by atoms with E-state index < -0.39 is 6.29 Å². The zero-order chi connectivity index (χ0) is 16.5. The molecule has 0 saturated heterocycles. The van der Waals surface area contributed by atoms with E-state index in [0.717, 1.165) is 36.3 Å². The van der Waals surface area contributed by atoms with Crippen molar-refractivity contribution < 1.29 is 14.6 Å². The normalized spacial score (nSPS) is 13.0. The first-order valence-corrected chi connectivity index (χ1v) is 8.22. The molecule has 0 bridgehead atoms. The Morgan fingerprint density at radius 3 is 2.55 bits per heavy atom. The van der Waals surface area contributed by atoms with Crippen molar-refractivity contribution >= 4 is 6.08 Å². The molecule has 0 saturated carbocycles. The van der Waals surface area contributed by atoms with Crippen molar-refractivity contribution in [2.75, 3.05) is 13.2 Å². The smallest absolute Gasteiger partial charge is 0.174 e. The van der Waals surface area contributed by atoms with E-state index in [1.54, 1.807) is 6.08 Å². The minimum Gasteiger partial charge on any atom is -0.493 e. The minimum atomic E-state index is -0.850. The van der Waals surface area contributed by atoms with Gasteiger partial charge in [0, 0.05) is 6.61 Å². The highest BCUT2D eigenvalue weighted by Crippen LogP contribution is 2.27. The maximum absolute atomic E-state index is 9.60. The lowest BCUT2D eigenvalue weighted by Gasteiger charge is -2.15. The molecule has 0 aliphatic rings. The molecule has 0 aliphatic carbocycles. The van der Waals surface area contributed by atoms with Crippen LogP contribution < -0.4 is 4.74 Å². The fourth-order valence-corrected chi connectivity index (χ4v) is 2.26. The van der Waals surface area contributed by atoms with Gasteiger partial charge in [-0.1, -0.05) is 26.8 Å². The Balaban J connectivity index is 2.85. The van der Waals surface area contributed by atoms with E-state index in [4.69, 9.17) is 9.47 Å². The molecule has 22 heavy (non-hydrogen) atoms. The van der Waals surface area contributed by atoms with E-state index in [-0.39, 0.29) is 0 Å². The fraction of sp³-hybridized carbons (Fsp3) is 0.579. The lowest BCUT2D eigenvalue weighted by Crippen LogP contribution is -2.07. The fourth-order valence-electron chi connectivity index (χ4n) is 2.26. The molecule has 1 atom stereocenters. The minimum absolute atomic E-state index is 0.493. The number of aliphatic hydroxyl groups excluding tert-OH is 1. The quantitative estimate of drug-likeness (QED) is 0.689. The first kappa shape index (κ1) is 18.7. The monoisotopic (exact) mass is 306 g/mol. The average Bonchev–Trinajstić information content (AvgIpc) is 2.46. The summed E-state index contributed by atoms with van der Waals surface area (Å²) in [6.07, 6.45) is 4.69. The Hall–Kier alpha value is -1.32. The molecule has 1 N–H and O–H groups in total. The molecule has 0 aliphatic heterocycles. The van der Waals surface area contributed by atoms with Crippen molar-refractivity contribution in [2.45, 2.75) is 53.8 Å². The molecule has 0 spiro atoms. The molecule has 0 radical (unpaired) electrons.